The Bertz CT molecular complexity index is 1130. The van der Waals surface area contributed by atoms with E-state index in [9.17, 15) is 0 Å². The molecule has 2 aromatic carbocycles. The summed E-state index contributed by atoms with van der Waals surface area (Å²) in [4.78, 5) is 9.06. The summed E-state index contributed by atoms with van der Waals surface area (Å²) in [6.45, 7) is 0. The van der Waals surface area contributed by atoms with Crippen molar-refractivity contribution in [3.63, 3.8) is 0 Å². The highest BCUT2D eigenvalue weighted by Gasteiger charge is 2.44. The highest BCUT2D eigenvalue weighted by molar-refractivity contribution is 6.06. The van der Waals surface area contributed by atoms with Crippen molar-refractivity contribution >= 4 is 17.7 Å². The zero-order chi connectivity index (χ0) is 19.0. The van der Waals surface area contributed by atoms with Crippen LogP contribution < -0.4 is 10.6 Å². The molecular formula is C21H17N6O+. The van der Waals surface area contributed by atoms with Crippen LogP contribution >= 0.6 is 0 Å². The lowest BCUT2D eigenvalue weighted by atomic mass is 10.1. The lowest BCUT2D eigenvalue weighted by Gasteiger charge is -2.26. The number of fused-ring (bicyclic) bond motifs is 1. The van der Waals surface area contributed by atoms with E-state index in [1.807, 2.05) is 60.8 Å². The summed E-state index contributed by atoms with van der Waals surface area (Å²) >= 11 is 0. The predicted octanol–water partition coefficient (Wildman–Crippen LogP) is 3.58. The number of para-hydroxylation sites is 1. The molecule has 7 heteroatoms. The van der Waals surface area contributed by atoms with E-state index in [2.05, 4.69) is 15.2 Å². The fraction of sp³-hybridized carbons (Fsp3) is 0. The molecule has 3 heterocycles. The standard InChI is InChI=1S/C21H17N6O/c22-27-11-10-23-14-19(27)20(16-12-24-25-13-16)26-21(27)15-6-8-18(9-7-15)28-17-4-2-1-3-5-17/h1-14H,22H2,(H,24,25)/q+1. The highest BCUT2D eigenvalue weighted by Crippen LogP contribution is 2.36. The molecule has 0 aliphatic carbocycles. The molecule has 3 aromatic rings. The number of rotatable bonds is 4. The van der Waals surface area contributed by atoms with Crippen molar-refractivity contribution < 1.29 is 9.33 Å². The van der Waals surface area contributed by atoms with Crippen molar-refractivity contribution in [1.29, 1.82) is 0 Å². The Morgan fingerprint density at radius 1 is 0.929 bits per heavy atom. The zero-order valence-corrected chi connectivity index (χ0v) is 14.9. The third kappa shape index (κ3) is 2.66. The zero-order valence-electron chi connectivity index (χ0n) is 14.9. The number of nitrogens with two attached hydrogens (primary N) is 1. The summed E-state index contributed by atoms with van der Waals surface area (Å²) in [6, 6.07) is 17.4. The smallest absolute Gasteiger partial charge is 0.265 e. The normalized spacial score (nSPS) is 20.2. The van der Waals surface area contributed by atoms with Crippen LogP contribution in [0.2, 0.25) is 0 Å². The van der Waals surface area contributed by atoms with Gasteiger partial charge >= 0.3 is 0 Å². The first-order chi connectivity index (χ1) is 13.7. The highest BCUT2D eigenvalue weighted by atomic mass is 16.5. The molecule has 7 nitrogen and oxygen atoms in total. The van der Waals surface area contributed by atoms with Crippen LogP contribution in [0.1, 0.15) is 11.1 Å². The quantitative estimate of drug-likeness (QED) is 0.544. The van der Waals surface area contributed by atoms with Crippen molar-refractivity contribution in [2.75, 3.05) is 0 Å². The minimum absolute atomic E-state index is 0.0388. The number of ether oxygens (including phenoxy) is 1. The van der Waals surface area contributed by atoms with E-state index in [0.717, 1.165) is 34.0 Å². The molecule has 1 unspecified atom stereocenters. The number of aliphatic imine (C=N–C) groups is 2. The molecule has 0 radical (unpaired) electrons. The number of allylic oxidation sites excluding steroid dienone is 1. The van der Waals surface area contributed by atoms with Crippen LogP contribution in [0.15, 0.2) is 95.1 Å². The van der Waals surface area contributed by atoms with E-state index in [1.165, 1.54) is 0 Å². The number of aromatic nitrogens is 2. The van der Waals surface area contributed by atoms with Crippen LogP contribution in [0.5, 0.6) is 11.5 Å². The Kier molecular flexibility index (Phi) is 3.75. The summed E-state index contributed by atoms with van der Waals surface area (Å²) in [5, 5.41) is 6.84. The van der Waals surface area contributed by atoms with Crippen molar-refractivity contribution in [2.24, 2.45) is 15.8 Å². The fourth-order valence-corrected chi connectivity index (χ4v) is 3.27. The van der Waals surface area contributed by atoms with E-state index in [0.29, 0.717) is 5.84 Å². The van der Waals surface area contributed by atoms with Gasteiger partial charge in [0.1, 0.15) is 23.4 Å². The second kappa shape index (κ2) is 6.41. The molecule has 0 amide bonds. The van der Waals surface area contributed by atoms with Gasteiger partial charge in [-0.25, -0.2) is 0 Å². The minimum atomic E-state index is -0.0388. The first kappa shape index (κ1) is 16.4. The second-order valence-electron chi connectivity index (χ2n) is 6.45. The van der Waals surface area contributed by atoms with E-state index in [1.54, 1.807) is 24.8 Å². The third-order valence-corrected chi connectivity index (χ3v) is 4.66. The lowest BCUT2D eigenvalue weighted by Crippen LogP contribution is -2.53. The summed E-state index contributed by atoms with van der Waals surface area (Å²) in [7, 11) is 0. The number of hydrogen-bond acceptors (Lipinski definition) is 5. The number of nitrogens with one attached hydrogen (secondary N) is 1. The Balaban J connectivity index is 1.50. The molecule has 2 aliphatic rings. The summed E-state index contributed by atoms with van der Waals surface area (Å²) in [5.41, 5.74) is 3.31. The Morgan fingerprint density at radius 2 is 1.71 bits per heavy atom. The molecule has 0 bridgehead atoms. The Hall–Kier alpha value is -3.81. The predicted molar refractivity (Wildman–Crippen MR) is 107 cm³/mol. The van der Waals surface area contributed by atoms with Crippen LogP contribution in [-0.4, -0.2) is 26.8 Å². The third-order valence-electron chi connectivity index (χ3n) is 4.66. The molecule has 1 aromatic heterocycles. The molecule has 0 saturated carbocycles. The molecule has 5 rings (SSSR count). The monoisotopic (exact) mass is 369 g/mol. The van der Waals surface area contributed by atoms with Crippen LogP contribution in [0, 0.1) is 0 Å². The van der Waals surface area contributed by atoms with E-state index >= 15 is 0 Å². The van der Waals surface area contributed by atoms with Crippen molar-refractivity contribution in [3.05, 3.63) is 96.2 Å². The maximum Gasteiger partial charge on any atom is 0.265 e. The van der Waals surface area contributed by atoms with E-state index < -0.39 is 0 Å². The van der Waals surface area contributed by atoms with Crippen LogP contribution in [0.3, 0.4) is 0 Å². The van der Waals surface area contributed by atoms with Gasteiger partial charge in [0.25, 0.3) is 5.84 Å². The van der Waals surface area contributed by atoms with Crippen molar-refractivity contribution in [2.45, 2.75) is 0 Å². The molecule has 0 saturated heterocycles. The SMILES string of the molecule is N[N+]12C=CN=CC1=C(c1cn[nH]c1)N=C2c1ccc(Oc2ccccc2)cc1. The average Bonchev–Trinajstić information content (AvgIpc) is 3.35. The van der Waals surface area contributed by atoms with Crippen LogP contribution in [0.4, 0.5) is 0 Å². The fourth-order valence-electron chi connectivity index (χ4n) is 3.27. The van der Waals surface area contributed by atoms with Gasteiger partial charge in [-0.1, -0.05) is 18.2 Å². The van der Waals surface area contributed by atoms with Crippen molar-refractivity contribution in [1.82, 2.24) is 10.2 Å². The van der Waals surface area contributed by atoms with Gasteiger partial charge in [0.2, 0.25) is 5.70 Å². The molecular weight excluding hydrogens is 352 g/mol. The molecule has 136 valence electrons. The second-order valence-corrected chi connectivity index (χ2v) is 6.45. The van der Waals surface area contributed by atoms with Gasteiger partial charge in [-0.2, -0.15) is 15.9 Å². The Labute approximate surface area is 161 Å². The van der Waals surface area contributed by atoms with Gasteiger partial charge in [-0.3, -0.25) is 10.1 Å². The number of quaternary nitrogens is 1. The van der Waals surface area contributed by atoms with E-state index in [4.69, 9.17) is 15.6 Å². The van der Waals surface area contributed by atoms with Gasteiger partial charge in [-0.05, 0) is 36.4 Å². The number of benzene rings is 2. The maximum absolute atomic E-state index is 6.71. The first-order valence-electron chi connectivity index (χ1n) is 8.79. The van der Waals surface area contributed by atoms with E-state index in [-0.39, 0.29) is 4.59 Å². The Morgan fingerprint density at radius 3 is 2.46 bits per heavy atom. The number of nitrogens with zero attached hydrogens (tertiary/aromatic N) is 4. The van der Waals surface area contributed by atoms with Gasteiger partial charge < -0.3 is 4.74 Å². The molecule has 2 aliphatic heterocycles. The molecule has 28 heavy (non-hydrogen) atoms. The number of aromatic amines is 1. The number of amidine groups is 1. The van der Waals surface area contributed by atoms with Crippen LogP contribution in [0.25, 0.3) is 5.70 Å². The van der Waals surface area contributed by atoms with Gasteiger partial charge in [0.05, 0.1) is 24.2 Å². The summed E-state index contributed by atoms with van der Waals surface area (Å²) in [6.07, 6.45) is 8.76. The molecule has 0 spiro atoms. The van der Waals surface area contributed by atoms with Gasteiger partial charge in [0, 0.05) is 11.8 Å². The van der Waals surface area contributed by atoms with Gasteiger partial charge in [-0.15, -0.1) is 4.59 Å². The molecule has 3 N–H and O–H groups in total. The van der Waals surface area contributed by atoms with Gasteiger partial charge in [0.15, 0.2) is 0 Å². The largest absolute Gasteiger partial charge is 0.457 e. The molecule has 1 atom stereocenters. The van der Waals surface area contributed by atoms with Crippen LogP contribution in [-0.2, 0) is 0 Å². The maximum atomic E-state index is 6.71. The average molecular weight is 369 g/mol. The number of hydrogen-bond donors (Lipinski definition) is 2. The summed E-state index contributed by atoms with van der Waals surface area (Å²) in [5.74, 6) is 8.95. The van der Waals surface area contributed by atoms with Crippen molar-refractivity contribution in [3.8, 4) is 11.5 Å². The topological polar surface area (TPSA) is 88.7 Å². The summed E-state index contributed by atoms with van der Waals surface area (Å²) < 4.78 is 5.83. The first-order valence-corrected chi connectivity index (χ1v) is 8.79. The minimum Gasteiger partial charge on any atom is -0.457 e. The number of H-pyrrole nitrogens is 1. The lowest BCUT2D eigenvalue weighted by molar-refractivity contribution is -0.749. The molecule has 0 fully saturated rings.